The van der Waals surface area contributed by atoms with E-state index in [-0.39, 0.29) is 17.4 Å². The molecule has 0 atom stereocenters. The molecule has 164 valence electrons. The Balaban J connectivity index is 0.000000372. The third-order valence-corrected chi connectivity index (χ3v) is 4.31. The Labute approximate surface area is 182 Å². The summed E-state index contributed by atoms with van der Waals surface area (Å²) in [7, 11) is 0. The lowest BCUT2D eigenvalue weighted by Crippen LogP contribution is -2.18. The Morgan fingerprint density at radius 1 is 1.06 bits per heavy atom. The van der Waals surface area contributed by atoms with Crippen LogP contribution in [0.15, 0.2) is 47.5 Å². The number of rotatable bonds is 2. The largest absolute Gasteiger partial charge is 0.508 e. The van der Waals surface area contributed by atoms with Crippen molar-refractivity contribution in [3.8, 4) is 17.2 Å². The highest BCUT2D eigenvalue weighted by Crippen LogP contribution is 2.28. The monoisotopic (exact) mass is 423 g/mol. The van der Waals surface area contributed by atoms with E-state index in [1.54, 1.807) is 36.4 Å². The first-order chi connectivity index (χ1) is 14.9. The number of carbonyl (C=O) groups excluding carboxylic acids is 1. The van der Waals surface area contributed by atoms with Gasteiger partial charge in [0, 0.05) is 24.6 Å². The summed E-state index contributed by atoms with van der Waals surface area (Å²) in [5, 5.41) is 30.3. The lowest BCUT2D eigenvalue weighted by Gasteiger charge is -2.13. The molecular formula is C23H29N5O3. The van der Waals surface area contributed by atoms with Gasteiger partial charge in [-0.2, -0.15) is 0 Å². The van der Waals surface area contributed by atoms with Crippen molar-refractivity contribution in [2.75, 3.05) is 6.54 Å². The van der Waals surface area contributed by atoms with Gasteiger partial charge in [0.25, 0.3) is 0 Å². The number of carbonyl (C=O) groups is 1. The number of aryl methyl sites for hydroxylation is 1. The lowest BCUT2D eigenvalue weighted by molar-refractivity contribution is -0.118. The topological polar surface area (TPSA) is 113 Å². The highest BCUT2D eigenvalue weighted by molar-refractivity contribution is 6.15. The van der Waals surface area contributed by atoms with Crippen LogP contribution in [0.2, 0.25) is 0 Å². The summed E-state index contributed by atoms with van der Waals surface area (Å²) in [5.41, 5.74) is 3.30. The molecule has 31 heavy (non-hydrogen) atoms. The van der Waals surface area contributed by atoms with E-state index in [2.05, 4.69) is 20.5 Å². The minimum Gasteiger partial charge on any atom is -0.508 e. The highest BCUT2D eigenvalue weighted by atomic mass is 16.3. The van der Waals surface area contributed by atoms with Crippen LogP contribution in [0.25, 0.3) is 5.69 Å². The van der Waals surface area contributed by atoms with Gasteiger partial charge in [-0.1, -0.05) is 13.8 Å². The average molecular weight is 424 g/mol. The van der Waals surface area contributed by atoms with Gasteiger partial charge in [0.2, 0.25) is 5.91 Å². The molecule has 8 heteroatoms. The Morgan fingerprint density at radius 3 is 2.29 bits per heavy atom. The van der Waals surface area contributed by atoms with E-state index >= 15 is 0 Å². The molecule has 1 aliphatic rings. The first-order valence-electron chi connectivity index (χ1n) is 10.2. The third-order valence-electron chi connectivity index (χ3n) is 4.31. The molecule has 0 radical (unpaired) electrons. The molecule has 0 aliphatic carbocycles. The van der Waals surface area contributed by atoms with Crippen LogP contribution in [0.1, 0.15) is 50.5 Å². The van der Waals surface area contributed by atoms with Crippen molar-refractivity contribution in [3.05, 3.63) is 65.2 Å². The molecule has 1 aromatic heterocycles. The van der Waals surface area contributed by atoms with Crippen molar-refractivity contribution in [1.82, 2.24) is 20.1 Å². The summed E-state index contributed by atoms with van der Waals surface area (Å²) in [6, 6.07) is 12.0. The summed E-state index contributed by atoms with van der Waals surface area (Å²) >= 11 is 0. The van der Waals surface area contributed by atoms with Crippen LogP contribution in [0, 0.1) is 6.92 Å². The number of nitrogens with one attached hydrogen (secondary N) is 1. The fourth-order valence-electron chi connectivity index (χ4n) is 3.08. The molecule has 8 nitrogen and oxygen atoms in total. The van der Waals surface area contributed by atoms with E-state index in [0.29, 0.717) is 6.54 Å². The average Bonchev–Trinajstić information content (AvgIpc) is 3.03. The van der Waals surface area contributed by atoms with Gasteiger partial charge in [-0.25, -0.2) is 0 Å². The van der Waals surface area contributed by atoms with Crippen LogP contribution in [-0.2, 0) is 11.3 Å². The number of aliphatic imine (C=N–C) groups is 1. The first-order valence-corrected chi connectivity index (χ1v) is 10.2. The Kier molecular flexibility index (Phi) is 8.31. The van der Waals surface area contributed by atoms with Crippen LogP contribution in [0.5, 0.6) is 11.5 Å². The zero-order valence-electron chi connectivity index (χ0n) is 18.5. The van der Waals surface area contributed by atoms with Gasteiger partial charge in [-0.15, -0.1) is 10.2 Å². The molecule has 0 bridgehead atoms. The van der Waals surface area contributed by atoms with Gasteiger partial charge in [0.1, 0.15) is 23.9 Å². The molecule has 4 rings (SSSR count). The van der Waals surface area contributed by atoms with Crippen LogP contribution < -0.4 is 5.32 Å². The molecule has 0 fully saturated rings. The van der Waals surface area contributed by atoms with Gasteiger partial charge in [-0.05, 0) is 56.3 Å². The van der Waals surface area contributed by atoms with Crippen molar-refractivity contribution >= 4 is 11.6 Å². The Hall–Kier alpha value is -3.68. The maximum atomic E-state index is 9.93. The maximum Gasteiger partial charge on any atom is 0.216 e. The van der Waals surface area contributed by atoms with Crippen LogP contribution in [0.4, 0.5) is 0 Å². The van der Waals surface area contributed by atoms with Crippen molar-refractivity contribution < 1.29 is 15.0 Å². The van der Waals surface area contributed by atoms with Crippen molar-refractivity contribution in [2.45, 2.75) is 41.2 Å². The fraction of sp³-hybridized carbons (Fsp3) is 0.304. The predicted molar refractivity (Wildman–Crippen MR) is 121 cm³/mol. The number of hydrogen-bond donors (Lipinski definition) is 3. The van der Waals surface area contributed by atoms with Gasteiger partial charge in [-0.3, -0.25) is 14.4 Å². The number of aromatic hydroxyl groups is 2. The molecule has 3 aromatic rings. The molecule has 3 N–H and O–H groups in total. The second kappa shape index (κ2) is 10.9. The number of phenols is 2. The Bertz CT molecular complexity index is 1060. The quantitative estimate of drug-likeness (QED) is 0.584. The van der Waals surface area contributed by atoms with E-state index in [1.807, 2.05) is 38.3 Å². The molecule has 0 saturated carbocycles. The van der Waals surface area contributed by atoms with Gasteiger partial charge >= 0.3 is 0 Å². The first kappa shape index (κ1) is 23.6. The van der Waals surface area contributed by atoms with Crippen molar-refractivity contribution in [1.29, 1.82) is 0 Å². The van der Waals surface area contributed by atoms with Crippen LogP contribution in [-0.4, -0.2) is 43.1 Å². The van der Waals surface area contributed by atoms with E-state index in [0.717, 1.165) is 40.7 Å². The molecule has 1 amide bonds. The second-order valence-electron chi connectivity index (χ2n) is 6.50. The zero-order chi connectivity index (χ0) is 23.0. The van der Waals surface area contributed by atoms with E-state index in [4.69, 9.17) is 0 Å². The van der Waals surface area contributed by atoms with Gasteiger partial charge in [0.05, 0.1) is 11.4 Å². The minimum atomic E-state index is 0.0394. The summed E-state index contributed by atoms with van der Waals surface area (Å²) in [5.74, 6) is 1.94. The molecule has 0 spiro atoms. The molecule has 0 unspecified atom stereocenters. The number of nitrogens with zero attached hydrogens (tertiary/aromatic N) is 4. The molecule has 1 aliphatic heterocycles. The number of aromatic nitrogens is 3. The normalized spacial score (nSPS) is 11.3. The molecule has 0 saturated heterocycles. The number of benzene rings is 2. The third kappa shape index (κ3) is 5.69. The standard InChI is InChI=1S/C17H14N4O2.C4H9NO.C2H6/c1-10-19-20-16-9-18-17(11-2-4-12(22)5-3-11)14-8-13(23)6-7-15(14)21(10)16;1-3-5-4(2)6;1-2/h2-8,22-23H,9H2,1H3;3H2,1-2H3,(H,5,6);1-2H3. The second-order valence-corrected chi connectivity index (χ2v) is 6.50. The van der Waals surface area contributed by atoms with Crippen molar-refractivity contribution in [2.24, 2.45) is 4.99 Å². The predicted octanol–water partition coefficient (Wildman–Crippen LogP) is 3.51. The number of hydrogen-bond acceptors (Lipinski definition) is 6. The van der Waals surface area contributed by atoms with E-state index < -0.39 is 0 Å². The number of amides is 1. The smallest absolute Gasteiger partial charge is 0.216 e. The van der Waals surface area contributed by atoms with E-state index in [1.165, 1.54) is 6.92 Å². The molecule has 2 aromatic carbocycles. The fourth-order valence-corrected chi connectivity index (χ4v) is 3.08. The van der Waals surface area contributed by atoms with E-state index in [9.17, 15) is 15.0 Å². The van der Waals surface area contributed by atoms with Crippen molar-refractivity contribution in [3.63, 3.8) is 0 Å². The zero-order valence-corrected chi connectivity index (χ0v) is 18.5. The highest BCUT2D eigenvalue weighted by Gasteiger charge is 2.21. The summed E-state index contributed by atoms with van der Waals surface area (Å²) in [6.07, 6.45) is 0. The summed E-state index contributed by atoms with van der Waals surface area (Å²) in [6.45, 7) is 10.4. The lowest BCUT2D eigenvalue weighted by atomic mass is 10.00. The number of fused-ring (bicyclic) bond motifs is 3. The van der Waals surface area contributed by atoms with Crippen LogP contribution >= 0.6 is 0 Å². The van der Waals surface area contributed by atoms with Crippen LogP contribution in [0.3, 0.4) is 0 Å². The summed E-state index contributed by atoms with van der Waals surface area (Å²) in [4.78, 5) is 14.6. The maximum absolute atomic E-state index is 9.93. The SMILES string of the molecule is CC.CCNC(C)=O.Cc1nnc2n1-c1ccc(O)cc1C(c1ccc(O)cc1)=NC2. The molecule has 2 heterocycles. The van der Waals surface area contributed by atoms with Gasteiger partial charge < -0.3 is 15.5 Å². The Morgan fingerprint density at radius 2 is 1.71 bits per heavy atom. The summed E-state index contributed by atoms with van der Waals surface area (Å²) < 4.78 is 1.95. The number of phenolic OH excluding ortho intramolecular Hbond substituents is 2. The molecular weight excluding hydrogens is 394 g/mol. The minimum absolute atomic E-state index is 0.0394. The van der Waals surface area contributed by atoms with Gasteiger partial charge in [0.15, 0.2) is 5.82 Å².